The van der Waals surface area contributed by atoms with E-state index < -0.39 is 9.84 Å². The third-order valence-corrected chi connectivity index (χ3v) is 6.03. The molecule has 25 heavy (non-hydrogen) atoms. The summed E-state index contributed by atoms with van der Waals surface area (Å²) < 4.78 is 31.6. The maximum atomic E-state index is 12.5. The molecule has 0 saturated heterocycles. The number of carbonyl (C=O) groups is 1. The third kappa shape index (κ3) is 5.30. The normalized spacial score (nSPS) is 11.5. The van der Waals surface area contributed by atoms with Crippen LogP contribution in [0, 0.1) is 6.92 Å². The van der Waals surface area contributed by atoms with Crippen molar-refractivity contribution in [3.63, 3.8) is 0 Å². The molecule has 0 bridgehead atoms. The third-order valence-electron chi connectivity index (χ3n) is 3.41. The van der Waals surface area contributed by atoms with Crippen molar-refractivity contribution in [1.82, 2.24) is 14.8 Å². The number of sulfone groups is 1. The average molecular weight is 383 g/mol. The largest absolute Gasteiger partial charge is 0.465 e. The van der Waals surface area contributed by atoms with Gasteiger partial charge in [0, 0.05) is 7.05 Å². The van der Waals surface area contributed by atoms with E-state index in [0.29, 0.717) is 17.6 Å². The smallest absolute Gasteiger partial charge is 0.316 e. The van der Waals surface area contributed by atoms with Gasteiger partial charge in [0.1, 0.15) is 11.6 Å². The fourth-order valence-corrected chi connectivity index (χ4v) is 4.01. The Morgan fingerprint density at radius 2 is 1.92 bits per heavy atom. The number of ether oxygens (including phenoxy) is 1. The molecule has 0 saturated carbocycles. The van der Waals surface area contributed by atoms with Crippen molar-refractivity contribution in [2.45, 2.75) is 36.1 Å². The molecule has 0 aliphatic heterocycles. The number of esters is 1. The van der Waals surface area contributed by atoms with Gasteiger partial charge in [-0.2, -0.15) is 0 Å². The number of hydrogen-bond acceptors (Lipinski definition) is 7. The first-order valence-electron chi connectivity index (χ1n) is 7.79. The van der Waals surface area contributed by atoms with E-state index >= 15 is 0 Å². The van der Waals surface area contributed by atoms with Gasteiger partial charge in [-0.3, -0.25) is 4.79 Å². The van der Waals surface area contributed by atoms with Crippen molar-refractivity contribution in [3.05, 3.63) is 35.7 Å². The summed E-state index contributed by atoms with van der Waals surface area (Å²) in [5, 5.41) is 8.38. The Morgan fingerprint density at radius 3 is 2.56 bits per heavy atom. The van der Waals surface area contributed by atoms with Crippen LogP contribution < -0.4 is 0 Å². The molecule has 7 nitrogen and oxygen atoms in total. The Bertz CT molecular complexity index is 830. The van der Waals surface area contributed by atoms with Gasteiger partial charge in [-0.1, -0.05) is 36.4 Å². The highest BCUT2D eigenvalue weighted by molar-refractivity contribution is 7.99. The topological polar surface area (TPSA) is 91.2 Å². The van der Waals surface area contributed by atoms with Crippen molar-refractivity contribution < 1.29 is 17.9 Å². The Morgan fingerprint density at radius 1 is 1.24 bits per heavy atom. The van der Waals surface area contributed by atoms with Crippen molar-refractivity contribution in [2.24, 2.45) is 7.05 Å². The second-order valence-corrected chi connectivity index (χ2v) is 8.47. The van der Waals surface area contributed by atoms with E-state index in [-0.39, 0.29) is 22.4 Å². The summed E-state index contributed by atoms with van der Waals surface area (Å²) in [6, 6.07) is 6.68. The minimum absolute atomic E-state index is 0.108. The van der Waals surface area contributed by atoms with E-state index in [0.717, 1.165) is 12.0 Å². The van der Waals surface area contributed by atoms with Crippen molar-refractivity contribution in [3.8, 4) is 0 Å². The van der Waals surface area contributed by atoms with Gasteiger partial charge in [0.05, 0.1) is 17.3 Å². The molecule has 2 rings (SSSR count). The SMILES string of the molecule is CCCOC(=O)CSc1nnc(CS(=O)(=O)c2ccc(C)cc2)n1C. The predicted molar refractivity (Wildman–Crippen MR) is 95.0 cm³/mol. The molecule has 1 aromatic carbocycles. The Hall–Kier alpha value is -1.87. The first-order chi connectivity index (χ1) is 11.8. The van der Waals surface area contributed by atoms with Gasteiger partial charge in [0.2, 0.25) is 0 Å². The summed E-state index contributed by atoms with van der Waals surface area (Å²) in [6.07, 6.45) is 0.765. The van der Waals surface area contributed by atoms with Crippen LogP contribution in [0.4, 0.5) is 0 Å². The maximum absolute atomic E-state index is 12.5. The Balaban J connectivity index is 2.05. The Labute approximate surface area is 151 Å². The number of hydrogen-bond donors (Lipinski definition) is 0. The van der Waals surface area contributed by atoms with Gasteiger partial charge in [-0.15, -0.1) is 10.2 Å². The molecule has 2 aromatic rings. The average Bonchev–Trinajstić information content (AvgIpc) is 2.91. The van der Waals surface area contributed by atoms with Crippen LogP contribution in [0.3, 0.4) is 0 Å². The van der Waals surface area contributed by atoms with Crippen LogP contribution in [-0.4, -0.2) is 41.5 Å². The minimum atomic E-state index is -3.51. The van der Waals surface area contributed by atoms with Gasteiger partial charge in [0.25, 0.3) is 0 Å². The van der Waals surface area contributed by atoms with Gasteiger partial charge in [-0.25, -0.2) is 8.42 Å². The highest BCUT2D eigenvalue weighted by Gasteiger charge is 2.20. The van der Waals surface area contributed by atoms with Crippen molar-refractivity contribution in [1.29, 1.82) is 0 Å². The summed E-state index contributed by atoms with van der Waals surface area (Å²) in [5.41, 5.74) is 0.992. The van der Waals surface area contributed by atoms with Gasteiger partial charge in [0.15, 0.2) is 15.0 Å². The van der Waals surface area contributed by atoms with Gasteiger partial charge < -0.3 is 9.30 Å². The molecule has 0 aliphatic rings. The highest BCUT2D eigenvalue weighted by atomic mass is 32.2. The summed E-state index contributed by atoms with van der Waals surface area (Å²) in [4.78, 5) is 11.8. The lowest BCUT2D eigenvalue weighted by Gasteiger charge is -2.06. The zero-order valence-corrected chi connectivity index (χ0v) is 16.1. The maximum Gasteiger partial charge on any atom is 0.316 e. The van der Waals surface area contributed by atoms with Gasteiger partial charge in [-0.05, 0) is 25.5 Å². The molecule has 136 valence electrons. The Kier molecular flexibility index (Phi) is 6.60. The lowest BCUT2D eigenvalue weighted by molar-refractivity contribution is -0.140. The minimum Gasteiger partial charge on any atom is -0.465 e. The first kappa shape index (κ1) is 19.5. The van der Waals surface area contributed by atoms with Crippen LogP contribution in [0.25, 0.3) is 0 Å². The van der Waals surface area contributed by atoms with Crippen LogP contribution >= 0.6 is 11.8 Å². The van der Waals surface area contributed by atoms with E-state index in [1.165, 1.54) is 11.8 Å². The van der Waals surface area contributed by atoms with Crippen LogP contribution in [0.1, 0.15) is 24.7 Å². The second-order valence-electron chi connectivity index (χ2n) is 5.54. The quantitative estimate of drug-likeness (QED) is 0.509. The molecule has 9 heteroatoms. The molecule has 1 aromatic heterocycles. The highest BCUT2D eigenvalue weighted by Crippen LogP contribution is 2.20. The molecule has 0 unspecified atom stereocenters. The molecular weight excluding hydrogens is 362 g/mol. The van der Waals surface area contributed by atoms with Crippen LogP contribution in [-0.2, 0) is 32.2 Å². The molecule has 0 radical (unpaired) electrons. The van der Waals surface area contributed by atoms with E-state index in [1.807, 2.05) is 13.8 Å². The molecule has 0 atom stereocenters. The number of thioether (sulfide) groups is 1. The molecule has 0 fully saturated rings. The van der Waals surface area contributed by atoms with Crippen molar-refractivity contribution in [2.75, 3.05) is 12.4 Å². The second kappa shape index (κ2) is 8.48. The number of carbonyl (C=O) groups excluding carboxylic acids is 1. The van der Waals surface area contributed by atoms with E-state index in [9.17, 15) is 13.2 Å². The molecular formula is C16H21N3O4S2. The molecule has 0 N–H and O–H groups in total. The molecule has 0 aliphatic carbocycles. The lowest BCUT2D eigenvalue weighted by atomic mass is 10.2. The zero-order chi connectivity index (χ0) is 18.4. The predicted octanol–water partition coefficient (Wildman–Crippen LogP) is 2.14. The van der Waals surface area contributed by atoms with Crippen LogP contribution in [0.15, 0.2) is 34.3 Å². The van der Waals surface area contributed by atoms with Crippen LogP contribution in [0.5, 0.6) is 0 Å². The molecule has 0 amide bonds. The summed E-state index contributed by atoms with van der Waals surface area (Å²) in [7, 11) is -1.83. The standard InChI is InChI=1S/C16H21N3O4S2/c1-4-9-23-15(20)10-24-16-18-17-14(19(16)3)11-25(21,22)13-7-5-12(2)6-8-13/h5-8H,4,9-11H2,1-3H3. The van der Waals surface area contributed by atoms with E-state index in [4.69, 9.17) is 4.74 Å². The fraction of sp³-hybridized carbons (Fsp3) is 0.438. The molecule has 1 heterocycles. The number of aryl methyl sites for hydroxylation is 1. The fourth-order valence-electron chi connectivity index (χ4n) is 1.98. The summed E-state index contributed by atoms with van der Waals surface area (Å²) in [6.45, 7) is 4.20. The number of nitrogens with zero attached hydrogens (tertiary/aromatic N) is 3. The number of benzene rings is 1. The van der Waals surface area contributed by atoms with Crippen molar-refractivity contribution >= 4 is 27.6 Å². The van der Waals surface area contributed by atoms with Crippen LogP contribution in [0.2, 0.25) is 0 Å². The van der Waals surface area contributed by atoms with E-state index in [2.05, 4.69) is 10.2 Å². The lowest BCUT2D eigenvalue weighted by Crippen LogP contribution is -2.11. The zero-order valence-electron chi connectivity index (χ0n) is 14.4. The summed E-state index contributed by atoms with van der Waals surface area (Å²) in [5.74, 6) is -0.148. The monoisotopic (exact) mass is 383 g/mol. The summed E-state index contributed by atoms with van der Waals surface area (Å²) >= 11 is 1.17. The molecule has 0 spiro atoms. The van der Waals surface area contributed by atoms with E-state index in [1.54, 1.807) is 35.9 Å². The first-order valence-corrected chi connectivity index (χ1v) is 10.4. The number of aromatic nitrogens is 3. The number of rotatable bonds is 8. The van der Waals surface area contributed by atoms with Gasteiger partial charge >= 0.3 is 5.97 Å².